The summed E-state index contributed by atoms with van der Waals surface area (Å²) >= 11 is 1.35. The minimum Gasteiger partial charge on any atom is -0.497 e. The number of hydrogen-bond acceptors (Lipinski definition) is 7. The Morgan fingerprint density at radius 1 is 1.00 bits per heavy atom. The van der Waals surface area contributed by atoms with Crippen LogP contribution in [0, 0.1) is 5.82 Å². The molecular formula is C24H23FN4O3S. The SMILES string of the molecule is COc1ccc(COC[C@@H](O)CSc2nnc(-c3ccncc3)n2-c2ccc(F)cc2)cc1. The molecule has 0 unspecified atom stereocenters. The van der Waals surface area contributed by atoms with E-state index in [0.29, 0.717) is 23.3 Å². The molecule has 0 amide bonds. The maximum Gasteiger partial charge on any atom is 0.196 e. The van der Waals surface area contributed by atoms with Crippen molar-refractivity contribution in [1.29, 1.82) is 0 Å². The van der Waals surface area contributed by atoms with Gasteiger partial charge in [0.05, 0.1) is 26.4 Å². The molecule has 0 fully saturated rings. The standard InChI is InChI=1S/C24H23FN4O3S/c1-31-22-8-2-17(3-9-22)14-32-15-21(30)16-33-24-28-27-23(18-10-12-26-13-11-18)29(24)20-6-4-19(25)5-7-20/h2-13,21,30H,14-16H2,1H3/t21-/m1/s1. The summed E-state index contributed by atoms with van der Waals surface area (Å²) in [4.78, 5) is 4.04. The molecular weight excluding hydrogens is 443 g/mol. The number of aliphatic hydroxyl groups is 1. The average Bonchev–Trinajstić information content (AvgIpc) is 3.28. The fourth-order valence-corrected chi connectivity index (χ4v) is 3.98. The highest BCUT2D eigenvalue weighted by Gasteiger charge is 2.17. The van der Waals surface area contributed by atoms with Gasteiger partial charge in [0.25, 0.3) is 0 Å². The van der Waals surface area contributed by atoms with Crippen LogP contribution in [0.25, 0.3) is 17.1 Å². The molecule has 0 aliphatic carbocycles. The number of rotatable bonds is 10. The van der Waals surface area contributed by atoms with Crippen molar-refractivity contribution in [1.82, 2.24) is 19.7 Å². The van der Waals surface area contributed by atoms with Crippen LogP contribution in [-0.4, -0.2) is 50.4 Å². The van der Waals surface area contributed by atoms with Gasteiger partial charge in [-0.2, -0.15) is 0 Å². The van der Waals surface area contributed by atoms with Gasteiger partial charge in [-0.1, -0.05) is 23.9 Å². The first-order valence-electron chi connectivity index (χ1n) is 10.3. The lowest BCUT2D eigenvalue weighted by atomic mass is 10.2. The van der Waals surface area contributed by atoms with E-state index < -0.39 is 6.10 Å². The van der Waals surface area contributed by atoms with Crippen LogP contribution in [-0.2, 0) is 11.3 Å². The molecule has 0 saturated heterocycles. The first-order valence-corrected chi connectivity index (χ1v) is 11.3. The lowest BCUT2D eigenvalue weighted by molar-refractivity contribution is 0.0397. The lowest BCUT2D eigenvalue weighted by Crippen LogP contribution is -2.18. The third-order valence-electron chi connectivity index (χ3n) is 4.80. The van der Waals surface area contributed by atoms with Crippen LogP contribution >= 0.6 is 11.8 Å². The Kier molecular flexibility index (Phi) is 7.66. The van der Waals surface area contributed by atoms with Crippen LogP contribution in [0.4, 0.5) is 4.39 Å². The summed E-state index contributed by atoms with van der Waals surface area (Å²) in [6.45, 7) is 0.574. The second-order valence-electron chi connectivity index (χ2n) is 7.18. The molecule has 33 heavy (non-hydrogen) atoms. The molecule has 1 atom stereocenters. The van der Waals surface area contributed by atoms with Crippen molar-refractivity contribution in [2.24, 2.45) is 0 Å². The van der Waals surface area contributed by atoms with Gasteiger partial charge in [-0.05, 0) is 54.1 Å². The molecule has 0 aliphatic rings. The van der Waals surface area contributed by atoms with Crippen molar-refractivity contribution in [2.75, 3.05) is 19.5 Å². The molecule has 1 N–H and O–H groups in total. The summed E-state index contributed by atoms with van der Waals surface area (Å²) < 4.78 is 26.1. The highest BCUT2D eigenvalue weighted by molar-refractivity contribution is 7.99. The Morgan fingerprint density at radius 3 is 2.42 bits per heavy atom. The van der Waals surface area contributed by atoms with Gasteiger partial charge in [-0.3, -0.25) is 9.55 Å². The molecule has 7 nitrogen and oxygen atoms in total. The Morgan fingerprint density at radius 2 is 1.73 bits per heavy atom. The summed E-state index contributed by atoms with van der Waals surface area (Å²) in [5, 5.41) is 19.6. The second kappa shape index (κ2) is 11.0. The van der Waals surface area contributed by atoms with E-state index in [4.69, 9.17) is 9.47 Å². The number of nitrogens with zero attached hydrogens (tertiary/aromatic N) is 4. The smallest absolute Gasteiger partial charge is 0.196 e. The number of aromatic nitrogens is 4. The molecule has 170 valence electrons. The van der Waals surface area contributed by atoms with Gasteiger partial charge in [0.15, 0.2) is 11.0 Å². The van der Waals surface area contributed by atoms with Gasteiger partial charge in [-0.25, -0.2) is 4.39 Å². The summed E-state index contributed by atoms with van der Waals surface area (Å²) in [6, 6.07) is 17.4. The van der Waals surface area contributed by atoms with Crippen LogP contribution < -0.4 is 4.74 Å². The maximum absolute atomic E-state index is 13.5. The van der Waals surface area contributed by atoms with Gasteiger partial charge < -0.3 is 14.6 Å². The van der Waals surface area contributed by atoms with Crippen molar-refractivity contribution in [2.45, 2.75) is 17.9 Å². The van der Waals surface area contributed by atoms with Gasteiger partial charge in [0, 0.05) is 29.4 Å². The third-order valence-corrected chi connectivity index (χ3v) is 5.87. The predicted molar refractivity (Wildman–Crippen MR) is 124 cm³/mol. The van der Waals surface area contributed by atoms with E-state index in [0.717, 1.165) is 22.6 Å². The molecule has 0 bridgehead atoms. The number of thioether (sulfide) groups is 1. The summed E-state index contributed by atoms with van der Waals surface area (Å²) in [5.74, 6) is 1.43. The zero-order valence-corrected chi connectivity index (χ0v) is 18.8. The molecule has 4 rings (SSSR count). The molecule has 0 radical (unpaired) electrons. The number of ether oxygens (including phenoxy) is 2. The van der Waals surface area contributed by atoms with Crippen LogP contribution in [0.2, 0.25) is 0 Å². The van der Waals surface area contributed by atoms with Crippen molar-refractivity contribution in [3.05, 3.63) is 84.4 Å². The number of pyridine rings is 1. The van der Waals surface area contributed by atoms with Crippen molar-refractivity contribution < 1.29 is 19.0 Å². The Hall–Kier alpha value is -3.27. The lowest BCUT2D eigenvalue weighted by Gasteiger charge is -2.13. The highest BCUT2D eigenvalue weighted by atomic mass is 32.2. The van der Waals surface area contributed by atoms with Crippen molar-refractivity contribution in [3.63, 3.8) is 0 Å². The number of hydrogen-bond donors (Lipinski definition) is 1. The Balaban J connectivity index is 1.41. The van der Waals surface area contributed by atoms with Crippen LogP contribution in [0.15, 0.2) is 78.2 Å². The monoisotopic (exact) mass is 466 g/mol. The third kappa shape index (κ3) is 5.95. The largest absolute Gasteiger partial charge is 0.497 e. The zero-order valence-electron chi connectivity index (χ0n) is 18.0. The van der Waals surface area contributed by atoms with Gasteiger partial charge in [-0.15, -0.1) is 10.2 Å². The summed E-state index contributed by atoms with van der Waals surface area (Å²) in [6.07, 6.45) is 2.65. The summed E-state index contributed by atoms with van der Waals surface area (Å²) in [7, 11) is 1.62. The second-order valence-corrected chi connectivity index (χ2v) is 8.17. The first-order chi connectivity index (χ1) is 16.1. The van der Waals surface area contributed by atoms with E-state index >= 15 is 0 Å². The van der Waals surface area contributed by atoms with E-state index in [9.17, 15) is 9.50 Å². The molecule has 2 aromatic heterocycles. The average molecular weight is 467 g/mol. The normalized spacial score (nSPS) is 12.0. The Bertz CT molecular complexity index is 1150. The molecule has 2 heterocycles. The predicted octanol–water partition coefficient (Wildman–Crippen LogP) is 4.15. The van der Waals surface area contributed by atoms with E-state index in [1.807, 2.05) is 41.0 Å². The van der Waals surface area contributed by atoms with E-state index in [-0.39, 0.29) is 12.4 Å². The molecule has 9 heteroatoms. The van der Waals surface area contributed by atoms with Crippen LogP contribution in [0.5, 0.6) is 5.75 Å². The summed E-state index contributed by atoms with van der Waals surface area (Å²) in [5.41, 5.74) is 2.55. The molecule has 0 aliphatic heterocycles. The van der Waals surface area contributed by atoms with Gasteiger partial charge in [0.2, 0.25) is 0 Å². The quantitative estimate of drug-likeness (QED) is 0.352. The highest BCUT2D eigenvalue weighted by Crippen LogP contribution is 2.28. The topological polar surface area (TPSA) is 82.3 Å². The number of aliphatic hydroxyl groups excluding tert-OH is 1. The zero-order chi connectivity index (χ0) is 23.0. The van der Waals surface area contributed by atoms with E-state index in [1.54, 1.807) is 31.6 Å². The molecule has 0 saturated carbocycles. The molecule has 0 spiro atoms. The van der Waals surface area contributed by atoms with Crippen molar-refractivity contribution in [3.8, 4) is 22.8 Å². The van der Waals surface area contributed by atoms with Gasteiger partial charge >= 0.3 is 0 Å². The molecule has 4 aromatic rings. The first kappa shape index (κ1) is 22.9. The minimum atomic E-state index is -0.698. The minimum absolute atomic E-state index is 0.181. The maximum atomic E-state index is 13.5. The molecule has 2 aromatic carbocycles. The Labute approximate surface area is 195 Å². The fourth-order valence-electron chi connectivity index (χ4n) is 3.13. The fraction of sp³-hybridized carbons (Fsp3) is 0.208. The number of halogens is 1. The van der Waals surface area contributed by atoms with Crippen molar-refractivity contribution >= 4 is 11.8 Å². The van der Waals surface area contributed by atoms with E-state index in [2.05, 4.69) is 15.2 Å². The van der Waals surface area contributed by atoms with Gasteiger partial charge in [0.1, 0.15) is 11.6 Å². The van der Waals surface area contributed by atoms with Crippen LogP contribution in [0.3, 0.4) is 0 Å². The van der Waals surface area contributed by atoms with E-state index in [1.165, 1.54) is 23.9 Å². The number of benzene rings is 2. The van der Waals surface area contributed by atoms with Crippen LogP contribution in [0.1, 0.15) is 5.56 Å². The number of methoxy groups -OCH3 is 1.